The van der Waals surface area contributed by atoms with Crippen LogP contribution in [0.2, 0.25) is 0 Å². The van der Waals surface area contributed by atoms with Crippen molar-refractivity contribution in [1.82, 2.24) is 10.2 Å². The lowest BCUT2D eigenvalue weighted by molar-refractivity contribution is 0.0951. The van der Waals surface area contributed by atoms with E-state index in [1.54, 1.807) is 6.07 Å². The molecule has 1 aliphatic rings. The van der Waals surface area contributed by atoms with Crippen molar-refractivity contribution in [2.75, 3.05) is 44.2 Å². The van der Waals surface area contributed by atoms with E-state index in [2.05, 4.69) is 21.2 Å². The number of anilines is 1. The predicted octanol–water partition coefficient (Wildman–Crippen LogP) is 3.38. The van der Waals surface area contributed by atoms with Gasteiger partial charge in [-0.05, 0) is 51.1 Å². The second kappa shape index (κ2) is 9.00. The maximum atomic E-state index is 13.9. The predicted molar refractivity (Wildman–Crippen MR) is 108 cm³/mol. The maximum Gasteiger partial charge on any atom is 0.251 e. The van der Waals surface area contributed by atoms with Crippen molar-refractivity contribution in [3.05, 3.63) is 65.0 Å². The van der Waals surface area contributed by atoms with Gasteiger partial charge in [0.25, 0.3) is 5.91 Å². The van der Waals surface area contributed by atoms with Crippen LogP contribution in [0.25, 0.3) is 0 Å². The molecule has 0 spiro atoms. The van der Waals surface area contributed by atoms with E-state index in [0.29, 0.717) is 12.2 Å². The average molecular weight is 369 g/mol. The molecule has 0 radical (unpaired) electrons. The first-order valence-corrected chi connectivity index (χ1v) is 9.61. The zero-order valence-electron chi connectivity index (χ0n) is 16.2. The molecule has 2 aromatic rings. The first-order chi connectivity index (χ1) is 13.0. The van der Waals surface area contributed by atoms with Crippen LogP contribution < -0.4 is 10.2 Å². The topological polar surface area (TPSA) is 35.6 Å². The maximum absolute atomic E-state index is 13.9. The van der Waals surface area contributed by atoms with E-state index in [9.17, 15) is 9.18 Å². The average Bonchev–Trinajstić information content (AvgIpc) is 2.65. The van der Waals surface area contributed by atoms with E-state index < -0.39 is 0 Å². The lowest BCUT2D eigenvalue weighted by Crippen LogP contribution is -2.47. The third-order valence-electron chi connectivity index (χ3n) is 4.99. The molecule has 1 heterocycles. The van der Waals surface area contributed by atoms with E-state index in [0.717, 1.165) is 55.8 Å². The minimum Gasteiger partial charge on any atom is -0.367 e. The number of nitrogens with one attached hydrogen (secondary N) is 1. The van der Waals surface area contributed by atoms with Gasteiger partial charge >= 0.3 is 0 Å². The number of benzene rings is 2. The van der Waals surface area contributed by atoms with Gasteiger partial charge in [-0.25, -0.2) is 4.39 Å². The summed E-state index contributed by atoms with van der Waals surface area (Å²) in [5.41, 5.74) is 3.63. The zero-order valence-corrected chi connectivity index (χ0v) is 16.2. The number of hydrogen-bond donors (Lipinski definition) is 1. The molecular formula is C22H28FN3O. The number of carbonyl (C=O) groups is 1. The second-order valence-corrected chi connectivity index (χ2v) is 7.27. The van der Waals surface area contributed by atoms with Gasteiger partial charge in [0.2, 0.25) is 0 Å². The minimum absolute atomic E-state index is 0.00817. The fourth-order valence-electron chi connectivity index (χ4n) is 3.63. The van der Waals surface area contributed by atoms with E-state index in [1.165, 1.54) is 6.07 Å². The molecule has 1 N–H and O–H groups in total. The van der Waals surface area contributed by atoms with Gasteiger partial charge < -0.3 is 10.2 Å². The zero-order chi connectivity index (χ0) is 19.2. The van der Waals surface area contributed by atoms with E-state index in [4.69, 9.17) is 0 Å². The Bertz CT molecular complexity index is 765. The van der Waals surface area contributed by atoms with Gasteiger partial charge in [0.15, 0.2) is 0 Å². The molecule has 27 heavy (non-hydrogen) atoms. The Kier molecular flexibility index (Phi) is 6.45. The molecular weight excluding hydrogens is 341 g/mol. The normalized spacial score (nSPS) is 15.0. The fraction of sp³-hybridized carbons (Fsp3) is 0.409. The van der Waals surface area contributed by atoms with Gasteiger partial charge in [0.05, 0.1) is 5.69 Å². The third kappa shape index (κ3) is 5.30. The number of hydrogen-bond acceptors (Lipinski definition) is 3. The Labute approximate surface area is 161 Å². The number of para-hydroxylation sites is 1. The van der Waals surface area contributed by atoms with Crippen molar-refractivity contribution in [2.45, 2.75) is 20.3 Å². The highest BCUT2D eigenvalue weighted by Gasteiger charge is 2.18. The van der Waals surface area contributed by atoms with Crippen LogP contribution in [0.4, 0.5) is 10.1 Å². The standard InChI is InChI=1S/C22H28FN3O/c1-17-14-18(2)16-19(15-17)22(27)24-8-5-9-25-10-12-26(13-11-25)21-7-4-3-6-20(21)23/h3-4,6-7,14-16H,5,8-13H2,1-2H3,(H,24,27). The first kappa shape index (κ1) is 19.4. The Morgan fingerprint density at radius 2 is 1.70 bits per heavy atom. The highest BCUT2D eigenvalue weighted by atomic mass is 19.1. The molecule has 0 aliphatic carbocycles. The fourth-order valence-corrected chi connectivity index (χ4v) is 3.63. The van der Waals surface area contributed by atoms with Crippen molar-refractivity contribution in [3.63, 3.8) is 0 Å². The SMILES string of the molecule is Cc1cc(C)cc(C(=O)NCCCN2CCN(c3ccccc3F)CC2)c1. The largest absolute Gasteiger partial charge is 0.367 e. The molecule has 0 bridgehead atoms. The summed E-state index contributed by atoms with van der Waals surface area (Å²) in [6.45, 7) is 9.11. The van der Waals surface area contributed by atoms with Crippen LogP contribution in [0.5, 0.6) is 0 Å². The Hall–Kier alpha value is -2.40. The molecule has 2 aromatic carbocycles. The van der Waals surface area contributed by atoms with Crippen molar-refractivity contribution in [3.8, 4) is 0 Å². The molecule has 0 aromatic heterocycles. The number of rotatable bonds is 6. The van der Waals surface area contributed by atoms with Gasteiger partial charge in [-0.3, -0.25) is 9.69 Å². The van der Waals surface area contributed by atoms with Crippen LogP contribution in [0.15, 0.2) is 42.5 Å². The van der Waals surface area contributed by atoms with Gasteiger partial charge in [0.1, 0.15) is 5.82 Å². The Morgan fingerprint density at radius 3 is 2.37 bits per heavy atom. The highest BCUT2D eigenvalue weighted by Crippen LogP contribution is 2.20. The van der Waals surface area contributed by atoms with E-state index >= 15 is 0 Å². The van der Waals surface area contributed by atoms with Crippen molar-refractivity contribution < 1.29 is 9.18 Å². The van der Waals surface area contributed by atoms with E-state index in [-0.39, 0.29) is 11.7 Å². The molecule has 4 nitrogen and oxygen atoms in total. The minimum atomic E-state index is -0.153. The van der Waals surface area contributed by atoms with Crippen LogP contribution in [-0.4, -0.2) is 50.1 Å². The monoisotopic (exact) mass is 369 g/mol. The summed E-state index contributed by atoms with van der Waals surface area (Å²) >= 11 is 0. The first-order valence-electron chi connectivity index (χ1n) is 9.61. The molecule has 144 valence electrons. The third-order valence-corrected chi connectivity index (χ3v) is 4.99. The van der Waals surface area contributed by atoms with Gasteiger partial charge in [-0.15, -0.1) is 0 Å². The molecule has 1 amide bonds. The molecule has 3 rings (SSSR count). The summed E-state index contributed by atoms with van der Waals surface area (Å²) in [5, 5.41) is 3.01. The highest BCUT2D eigenvalue weighted by molar-refractivity contribution is 5.94. The smallest absolute Gasteiger partial charge is 0.251 e. The lowest BCUT2D eigenvalue weighted by Gasteiger charge is -2.36. The van der Waals surface area contributed by atoms with Crippen molar-refractivity contribution >= 4 is 11.6 Å². The quantitative estimate of drug-likeness (QED) is 0.793. The molecule has 0 unspecified atom stereocenters. The van der Waals surface area contributed by atoms with Crippen LogP contribution in [0.3, 0.4) is 0 Å². The number of carbonyl (C=O) groups excluding carboxylic acids is 1. The molecule has 1 saturated heterocycles. The number of nitrogens with zero attached hydrogens (tertiary/aromatic N) is 2. The van der Waals surface area contributed by atoms with Crippen LogP contribution in [-0.2, 0) is 0 Å². The Balaban J connectivity index is 1.38. The van der Waals surface area contributed by atoms with Crippen LogP contribution in [0.1, 0.15) is 27.9 Å². The molecule has 0 atom stereocenters. The summed E-state index contributed by atoms with van der Waals surface area (Å²) in [4.78, 5) is 16.7. The molecule has 0 saturated carbocycles. The van der Waals surface area contributed by atoms with E-state index in [1.807, 2.05) is 38.1 Å². The van der Waals surface area contributed by atoms with Gasteiger partial charge in [-0.1, -0.05) is 29.3 Å². The number of halogens is 1. The second-order valence-electron chi connectivity index (χ2n) is 7.27. The van der Waals surface area contributed by atoms with Gasteiger partial charge in [0, 0.05) is 38.3 Å². The van der Waals surface area contributed by atoms with Crippen molar-refractivity contribution in [1.29, 1.82) is 0 Å². The number of aryl methyl sites for hydroxylation is 2. The van der Waals surface area contributed by atoms with Crippen molar-refractivity contribution in [2.24, 2.45) is 0 Å². The number of amides is 1. The molecule has 1 aliphatic heterocycles. The Morgan fingerprint density at radius 1 is 1.04 bits per heavy atom. The summed E-state index contributed by atoms with van der Waals surface area (Å²) < 4.78 is 13.9. The lowest BCUT2D eigenvalue weighted by atomic mass is 10.1. The van der Waals surface area contributed by atoms with Gasteiger partial charge in [-0.2, -0.15) is 0 Å². The van der Waals surface area contributed by atoms with Crippen LogP contribution in [0, 0.1) is 19.7 Å². The summed E-state index contributed by atoms with van der Waals surface area (Å²) in [7, 11) is 0. The number of piperazine rings is 1. The summed E-state index contributed by atoms with van der Waals surface area (Å²) in [5.74, 6) is -0.161. The summed E-state index contributed by atoms with van der Waals surface area (Å²) in [6, 6.07) is 12.9. The molecule has 1 fully saturated rings. The van der Waals surface area contributed by atoms with Crippen LogP contribution >= 0.6 is 0 Å². The molecule has 5 heteroatoms. The summed E-state index contributed by atoms with van der Waals surface area (Å²) in [6.07, 6.45) is 0.913.